The molecule has 0 amide bonds. The highest BCUT2D eigenvalue weighted by Gasteiger charge is 2.14. The number of hydrogen-bond acceptors (Lipinski definition) is 2. The number of aryl methyl sites for hydroxylation is 1. The first-order chi connectivity index (χ1) is 14.8. The molecule has 0 unspecified atom stereocenters. The normalized spacial score (nSPS) is 11.5. The topological polar surface area (TPSA) is 26.0 Å². The van der Waals surface area contributed by atoms with Crippen molar-refractivity contribution in [2.75, 3.05) is 0 Å². The summed E-state index contributed by atoms with van der Waals surface area (Å²) in [6.07, 6.45) is 0. The molecule has 0 saturated heterocycles. The van der Waals surface area contributed by atoms with E-state index in [1.807, 2.05) is 24.3 Å². The maximum atomic E-state index is 5.94. The Morgan fingerprint density at radius 2 is 1.13 bits per heavy atom. The van der Waals surface area contributed by atoms with Crippen LogP contribution in [0.3, 0.4) is 0 Å². The van der Waals surface area contributed by atoms with Crippen LogP contribution >= 0.6 is 0 Å². The first kappa shape index (κ1) is 17.0. The molecule has 1 aromatic heterocycles. The fourth-order valence-electron chi connectivity index (χ4n) is 4.46. The van der Waals surface area contributed by atoms with Crippen LogP contribution in [0.1, 0.15) is 5.56 Å². The van der Waals surface area contributed by atoms with E-state index in [2.05, 4.69) is 84.7 Å². The van der Waals surface area contributed by atoms with Gasteiger partial charge in [-0.3, -0.25) is 0 Å². The summed E-state index contributed by atoms with van der Waals surface area (Å²) in [7, 11) is 0. The van der Waals surface area contributed by atoms with E-state index in [0.717, 1.165) is 16.7 Å². The minimum absolute atomic E-state index is 0.655. The van der Waals surface area contributed by atoms with Gasteiger partial charge in [0.05, 0.1) is 0 Å². The molecule has 0 N–H and O–H groups in total. The monoisotopic (exact) mass is 385 g/mol. The van der Waals surface area contributed by atoms with Crippen molar-refractivity contribution in [2.24, 2.45) is 0 Å². The van der Waals surface area contributed by atoms with E-state index in [9.17, 15) is 0 Å². The Balaban J connectivity index is 1.54. The zero-order chi connectivity index (χ0) is 20.1. The van der Waals surface area contributed by atoms with Crippen molar-refractivity contribution >= 4 is 32.6 Å². The fourth-order valence-corrected chi connectivity index (χ4v) is 4.46. The van der Waals surface area contributed by atoms with E-state index < -0.39 is 0 Å². The second-order valence-corrected chi connectivity index (χ2v) is 7.66. The van der Waals surface area contributed by atoms with Crippen LogP contribution < -0.4 is 0 Å². The Morgan fingerprint density at radius 1 is 0.567 bits per heavy atom. The molecule has 1 heterocycles. The summed E-state index contributed by atoms with van der Waals surface area (Å²) < 4.78 is 5.94. The van der Waals surface area contributed by atoms with Gasteiger partial charge in [0.25, 0.3) is 0 Å². The molecule has 0 aliphatic carbocycles. The van der Waals surface area contributed by atoms with Crippen LogP contribution in [0.5, 0.6) is 0 Å². The number of para-hydroxylation sites is 2. The molecule has 0 aliphatic heterocycles. The van der Waals surface area contributed by atoms with Gasteiger partial charge in [-0.1, -0.05) is 72.8 Å². The van der Waals surface area contributed by atoms with E-state index >= 15 is 0 Å². The minimum Gasteiger partial charge on any atom is -0.436 e. The second kappa shape index (κ2) is 6.57. The molecular formula is C28H19NO. The van der Waals surface area contributed by atoms with E-state index in [1.165, 1.54) is 38.2 Å². The molecule has 0 bridgehead atoms. The van der Waals surface area contributed by atoms with Gasteiger partial charge in [0.1, 0.15) is 5.52 Å². The molecule has 0 aliphatic rings. The third-order valence-electron chi connectivity index (χ3n) is 5.91. The van der Waals surface area contributed by atoms with Crippen LogP contribution in [0.15, 0.2) is 101 Å². The molecule has 0 saturated carbocycles. The summed E-state index contributed by atoms with van der Waals surface area (Å²) in [6.45, 7) is 2.22. The molecule has 0 radical (unpaired) electrons. The first-order valence-electron chi connectivity index (χ1n) is 10.2. The Hall–Kier alpha value is -3.91. The number of oxazole rings is 1. The van der Waals surface area contributed by atoms with Crippen LogP contribution in [0.4, 0.5) is 0 Å². The number of benzene rings is 5. The van der Waals surface area contributed by atoms with E-state index in [0.29, 0.717) is 5.89 Å². The largest absolute Gasteiger partial charge is 0.436 e. The zero-order valence-corrected chi connectivity index (χ0v) is 16.6. The predicted octanol–water partition coefficient (Wildman–Crippen LogP) is 7.78. The quantitative estimate of drug-likeness (QED) is 0.284. The molecule has 142 valence electrons. The standard InChI is InChI=1S/C28H19NO/c1-18-21-8-2-3-9-22(21)23-10-4-5-11-24(23)27(18)19-14-16-20(17-15-19)28-29-25-12-6-7-13-26(25)30-28/h2-17H,1H3. The smallest absolute Gasteiger partial charge is 0.227 e. The Labute approximate surface area is 174 Å². The lowest BCUT2D eigenvalue weighted by Crippen LogP contribution is -1.90. The number of hydrogen-bond donors (Lipinski definition) is 0. The van der Waals surface area contributed by atoms with Crippen molar-refractivity contribution in [3.8, 4) is 22.6 Å². The first-order valence-corrected chi connectivity index (χ1v) is 10.2. The summed E-state index contributed by atoms with van der Waals surface area (Å²) in [4.78, 5) is 4.63. The van der Waals surface area contributed by atoms with Gasteiger partial charge in [-0.15, -0.1) is 0 Å². The van der Waals surface area contributed by atoms with Crippen molar-refractivity contribution in [3.63, 3.8) is 0 Å². The van der Waals surface area contributed by atoms with Gasteiger partial charge in [-0.25, -0.2) is 4.98 Å². The van der Waals surface area contributed by atoms with Crippen LogP contribution in [-0.4, -0.2) is 4.98 Å². The molecular weight excluding hydrogens is 366 g/mol. The third kappa shape index (κ3) is 2.54. The number of nitrogens with zero attached hydrogens (tertiary/aromatic N) is 1. The molecule has 2 nitrogen and oxygen atoms in total. The summed E-state index contributed by atoms with van der Waals surface area (Å²) in [5.41, 5.74) is 6.47. The maximum Gasteiger partial charge on any atom is 0.227 e. The van der Waals surface area contributed by atoms with Crippen LogP contribution in [-0.2, 0) is 0 Å². The highest BCUT2D eigenvalue weighted by Crippen LogP contribution is 2.39. The lowest BCUT2D eigenvalue weighted by atomic mass is 9.88. The Morgan fingerprint density at radius 3 is 1.87 bits per heavy atom. The van der Waals surface area contributed by atoms with Gasteiger partial charge in [0.15, 0.2) is 5.58 Å². The van der Waals surface area contributed by atoms with E-state index in [-0.39, 0.29) is 0 Å². The van der Waals surface area contributed by atoms with Gasteiger partial charge in [0.2, 0.25) is 5.89 Å². The van der Waals surface area contributed by atoms with Crippen LogP contribution in [0.2, 0.25) is 0 Å². The number of fused-ring (bicyclic) bond motifs is 4. The van der Waals surface area contributed by atoms with Crippen molar-refractivity contribution < 1.29 is 4.42 Å². The summed E-state index contributed by atoms with van der Waals surface area (Å²) in [5, 5.41) is 5.17. The number of aromatic nitrogens is 1. The average Bonchev–Trinajstić information content (AvgIpc) is 3.24. The number of rotatable bonds is 2. The van der Waals surface area contributed by atoms with Gasteiger partial charge < -0.3 is 4.42 Å². The van der Waals surface area contributed by atoms with Crippen molar-refractivity contribution in [2.45, 2.75) is 6.92 Å². The zero-order valence-electron chi connectivity index (χ0n) is 16.6. The summed E-state index contributed by atoms with van der Waals surface area (Å²) in [6, 6.07) is 33.7. The molecule has 5 aromatic carbocycles. The predicted molar refractivity (Wildman–Crippen MR) is 125 cm³/mol. The van der Waals surface area contributed by atoms with E-state index in [4.69, 9.17) is 4.42 Å². The highest BCUT2D eigenvalue weighted by molar-refractivity contribution is 6.15. The lowest BCUT2D eigenvalue weighted by molar-refractivity contribution is 0.620. The molecule has 2 heteroatoms. The van der Waals surface area contributed by atoms with Gasteiger partial charge in [-0.2, -0.15) is 0 Å². The molecule has 6 rings (SSSR count). The molecule has 0 spiro atoms. The van der Waals surface area contributed by atoms with Crippen molar-refractivity contribution in [1.29, 1.82) is 0 Å². The fraction of sp³-hybridized carbons (Fsp3) is 0.0357. The Bertz CT molecular complexity index is 1510. The summed E-state index contributed by atoms with van der Waals surface area (Å²) in [5.74, 6) is 0.655. The molecule has 30 heavy (non-hydrogen) atoms. The van der Waals surface area contributed by atoms with Crippen molar-refractivity contribution in [1.82, 2.24) is 4.98 Å². The van der Waals surface area contributed by atoms with Crippen LogP contribution in [0.25, 0.3) is 55.2 Å². The highest BCUT2D eigenvalue weighted by atomic mass is 16.3. The Kier molecular flexibility index (Phi) is 3.72. The lowest BCUT2D eigenvalue weighted by Gasteiger charge is -2.15. The third-order valence-corrected chi connectivity index (χ3v) is 5.91. The molecule has 0 fully saturated rings. The average molecular weight is 385 g/mol. The van der Waals surface area contributed by atoms with Crippen LogP contribution in [0, 0.1) is 6.92 Å². The molecule has 0 atom stereocenters. The molecule has 6 aromatic rings. The van der Waals surface area contributed by atoms with Crippen molar-refractivity contribution in [3.05, 3.63) is 103 Å². The SMILES string of the molecule is Cc1c(-c2ccc(-c3nc4ccccc4o3)cc2)c2ccccc2c2ccccc12. The summed E-state index contributed by atoms with van der Waals surface area (Å²) >= 11 is 0. The van der Waals surface area contributed by atoms with Gasteiger partial charge >= 0.3 is 0 Å². The van der Waals surface area contributed by atoms with Gasteiger partial charge in [0, 0.05) is 5.56 Å². The minimum atomic E-state index is 0.655. The van der Waals surface area contributed by atoms with Gasteiger partial charge in [-0.05, 0) is 69.4 Å². The second-order valence-electron chi connectivity index (χ2n) is 7.66. The maximum absolute atomic E-state index is 5.94. The van der Waals surface area contributed by atoms with E-state index in [1.54, 1.807) is 0 Å².